The van der Waals surface area contributed by atoms with E-state index < -0.39 is 0 Å². The second-order valence-corrected chi connectivity index (χ2v) is 7.78. The summed E-state index contributed by atoms with van der Waals surface area (Å²) in [6, 6.07) is 7.07. The quantitative estimate of drug-likeness (QED) is 0.367. The lowest BCUT2D eigenvalue weighted by Crippen LogP contribution is -2.40. The van der Waals surface area contributed by atoms with E-state index in [2.05, 4.69) is 32.7 Å². The first-order valence-corrected chi connectivity index (χ1v) is 10.7. The van der Waals surface area contributed by atoms with Crippen molar-refractivity contribution in [2.45, 2.75) is 45.1 Å². The van der Waals surface area contributed by atoms with Crippen LogP contribution in [0, 0.1) is 5.92 Å². The Labute approximate surface area is 169 Å². The van der Waals surface area contributed by atoms with Gasteiger partial charge in [0.2, 0.25) is 0 Å². The summed E-state index contributed by atoms with van der Waals surface area (Å²) < 4.78 is 11.0. The summed E-state index contributed by atoms with van der Waals surface area (Å²) in [5, 5.41) is 6.95. The Morgan fingerprint density at radius 2 is 2.07 bits per heavy atom. The molecule has 1 aromatic rings. The Bertz CT molecular complexity index is 645. The minimum Gasteiger partial charge on any atom is -0.493 e. The molecule has 0 radical (unpaired) electrons. The predicted octanol–water partition coefficient (Wildman–Crippen LogP) is 2.68. The largest absolute Gasteiger partial charge is 0.493 e. The third-order valence-corrected chi connectivity index (χ3v) is 5.62. The number of aliphatic imine (C=N–C) groups is 1. The molecule has 0 spiro atoms. The van der Waals surface area contributed by atoms with E-state index in [1.165, 1.54) is 37.9 Å². The second-order valence-electron chi connectivity index (χ2n) is 7.78. The van der Waals surface area contributed by atoms with Crippen LogP contribution in [0.1, 0.15) is 38.2 Å². The molecule has 2 N–H and O–H groups in total. The van der Waals surface area contributed by atoms with Gasteiger partial charge in [0.25, 0.3) is 0 Å². The maximum absolute atomic E-state index is 5.66. The fourth-order valence-corrected chi connectivity index (χ4v) is 3.91. The van der Waals surface area contributed by atoms with Gasteiger partial charge in [-0.1, -0.05) is 6.07 Å². The summed E-state index contributed by atoms with van der Waals surface area (Å²) >= 11 is 0. The van der Waals surface area contributed by atoms with Crippen molar-refractivity contribution in [2.75, 3.05) is 46.9 Å². The molecule has 6 nitrogen and oxygen atoms in total. The van der Waals surface area contributed by atoms with Crippen LogP contribution < -0.4 is 20.1 Å². The molecule has 0 aromatic heterocycles. The van der Waals surface area contributed by atoms with Gasteiger partial charge in [-0.3, -0.25) is 4.99 Å². The normalized spacial score (nSPS) is 20.2. The van der Waals surface area contributed by atoms with Crippen molar-refractivity contribution in [1.29, 1.82) is 0 Å². The van der Waals surface area contributed by atoms with E-state index in [1.54, 1.807) is 7.11 Å². The van der Waals surface area contributed by atoms with Crippen LogP contribution in [-0.2, 0) is 6.42 Å². The number of nitrogens with zero attached hydrogens (tertiary/aromatic N) is 2. The summed E-state index contributed by atoms with van der Waals surface area (Å²) in [5.74, 6) is 3.27. The average Bonchev–Trinajstić information content (AvgIpc) is 3.46. The molecule has 156 valence electrons. The molecule has 1 aromatic carbocycles. The van der Waals surface area contributed by atoms with Crippen LogP contribution in [0.3, 0.4) is 0 Å². The lowest BCUT2D eigenvalue weighted by Gasteiger charge is -2.17. The van der Waals surface area contributed by atoms with Crippen LogP contribution in [0.25, 0.3) is 0 Å². The number of benzene rings is 1. The van der Waals surface area contributed by atoms with E-state index >= 15 is 0 Å². The Hall–Kier alpha value is -1.95. The highest BCUT2D eigenvalue weighted by atomic mass is 16.5. The van der Waals surface area contributed by atoms with Crippen LogP contribution in [0.5, 0.6) is 11.5 Å². The first-order chi connectivity index (χ1) is 13.7. The second kappa shape index (κ2) is 10.6. The molecule has 0 amide bonds. The summed E-state index contributed by atoms with van der Waals surface area (Å²) in [5.41, 5.74) is 1.26. The smallest absolute Gasteiger partial charge is 0.190 e. The lowest BCUT2D eigenvalue weighted by molar-refractivity contribution is 0.310. The van der Waals surface area contributed by atoms with E-state index in [-0.39, 0.29) is 0 Å². The summed E-state index contributed by atoms with van der Waals surface area (Å²) in [6.07, 6.45) is 6.15. The minimum absolute atomic E-state index is 0.642. The fourth-order valence-electron chi connectivity index (χ4n) is 3.91. The van der Waals surface area contributed by atoms with Crippen molar-refractivity contribution >= 4 is 5.96 Å². The van der Waals surface area contributed by atoms with Crippen molar-refractivity contribution in [3.05, 3.63) is 23.8 Å². The first kappa shape index (κ1) is 20.8. The zero-order chi connectivity index (χ0) is 19.8. The molecule has 1 unspecified atom stereocenters. The topological polar surface area (TPSA) is 58.1 Å². The summed E-state index contributed by atoms with van der Waals surface area (Å²) in [4.78, 5) is 7.03. The number of nitrogens with one attached hydrogen (secondary N) is 2. The third kappa shape index (κ3) is 6.03. The maximum Gasteiger partial charge on any atom is 0.190 e. The van der Waals surface area contributed by atoms with Gasteiger partial charge >= 0.3 is 0 Å². The van der Waals surface area contributed by atoms with E-state index in [0.29, 0.717) is 6.61 Å². The maximum atomic E-state index is 5.66. The van der Waals surface area contributed by atoms with Crippen molar-refractivity contribution < 1.29 is 9.47 Å². The summed E-state index contributed by atoms with van der Waals surface area (Å²) in [7, 11) is 3.52. The van der Waals surface area contributed by atoms with Gasteiger partial charge < -0.3 is 25.0 Å². The van der Waals surface area contributed by atoms with Crippen molar-refractivity contribution in [3.8, 4) is 11.5 Å². The molecule has 1 aliphatic carbocycles. The summed E-state index contributed by atoms with van der Waals surface area (Å²) in [6.45, 7) is 7.06. The molecule has 1 saturated heterocycles. The van der Waals surface area contributed by atoms with Crippen LogP contribution >= 0.6 is 0 Å². The minimum atomic E-state index is 0.642. The van der Waals surface area contributed by atoms with Crippen LogP contribution in [-0.4, -0.2) is 63.8 Å². The third-order valence-electron chi connectivity index (χ3n) is 5.62. The highest BCUT2D eigenvalue weighted by molar-refractivity contribution is 5.79. The molecular weight excluding hydrogens is 352 g/mol. The Balaban J connectivity index is 1.35. The molecule has 2 aliphatic rings. The van der Waals surface area contributed by atoms with Gasteiger partial charge in [0.15, 0.2) is 17.5 Å². The number of ether oxygens (including phenoxy) is 2. The van der Waals surface area contributed by atoms with E-state index in [0.717, 1.165) is 55.3 Å². The van der Waals surface area contributed by atoms with Crippen LogP contribution in [0.4, 0.5) is 0 Å². The zero-order valence-electron chi connectivity index (χ0n) is 17.7. The van der Waals surface area contributed by atoms with Gasteiger partial charge in [0, 0.05) is 32.7 Å². The van der Waals surface area contributed by atoms with Gasteiger partial charge in [-0.15, -0.1) is 0 Å². The molecular formula is C22H36N4O2. The number of rotatable bonds is 10. The molecule has 3 rings (SSSR count). The highest BCUT2D eigenvalue weighted by Gasteiger charge is 2.34. The number of hydrogen-bond donors (Lipinski definition) is 2. The molecule has 1 saturated carbocycles. The number of guanidine groups is 1. The lowest BCUT2D eigenvalue weighted by atomic mass is 10.1. The fraction of sp³-hybridized carbons (Fsp3) is 0.682. The molecule has 28 heavy (non-hydrogen) atoms. The molecule has 1 heterocycles. The molecule has 1 aliphatic heterocycles. The predicted molar refractivity (Wildman–Crippen MR) is 115 cm³/mol. The molecule has 6 heteroatoms. The van der Waals surface area contributed by atoms with Crippen LogP contribution in [0.15, 0.2) is 23.2 Å². The van der Waals surface area contributed by atoms with Crippen molar-refractivity contribution in [3.63, 3.8) is 0 Å². The Morgan fingerprint density at radius 3 is 2.79 bits per heavy atom. The van der Waals surface area contributed by atoms with Gasteiger partial charge in [-0.05, 0) is 69.2 Å². The number of likely N-dealkylation sites (tertiary alicyclic amines) is 1. The highest BCUT2D eigenvalue weighted by Crippen LogP contribution is 2.31. The Kier molecular flexibility index (Phi) is 7.83. The van der Waals surface area contributed by atoms with E-state index in [1.807, 2.05) is 20.0 Å². The SMILES string of the molecule is CCOc1cc(CCCNC(=NC)NCC2CCN(C3CC3)C2)ccc1OC. The van der Waals surface area contributed by atoms with E-state index in [4.69, 9.17) is 9.47 Å². The van der Waals surface area contributed by atoms with Gasteiger partial charge in [0.1, 0.15) is 0 Å². The van der Waals surface area contributed by atoms with Gasteiger partial charge in [-0.2, -0.15) is 0 Å². The van der Waals surface area contributed by atoms with Crippen molar-refractivity contribution in [1.82, 2.24) is 15.5 Å². The standard InChI is InChI=1S/C22H36N4O2/c1-4-28-21-14-17(7-10-20(21)27-3)6-5-12-24-22(23-2)25-15-18-11-13-26(16-18)19-8-9-19/h7,10,14,18-19H,4-6,8-9,11-13,15-16H2,1-3H3,(H2,23,24,25). The molecule has 2 fully saturated rings. The number of methoxy groups -OCH3 is 1. The van der Waals surface area contributed by atoms with Crippen LogP contribution in [0.2, 0.25) is 0 Å². The molecule has 0 bridgehead atoms. The van der Waals surface area contributed by atoms with Gasteiger partial charge in [-0.25, -0.2) is 0 Å². The Morgan fingerprint density at radius 1 is 1.21 bits per heavy atom. The van der Waals surface area contributed by atoms with E-state index in [9.17, 15) is 0 Å². The zero-order valence-corrected chi connectivity index (χ0v) is 17.7. The molecule has 1 atom stereocenters. The van der Waals surface area contributed by atoms with Gasteiger partial charge in [0.05, 0.1) is 13.7 Å². The average molecular weight is 389 g/mol. The van der Waals surface area contributed by atoms with Crippen molar-refractivity contribution in [2.24, 2.45) is 10.9 Å². The number of aryl methyl sites for hydroxylation is 1. The number of hydrogen-bond acceptors (Lipinski definition) is 4. The monoisotopic (exact) mass is 388 g/mol. The first-order valence-electron chi connectivity index (χ1n) is 10.7.